The summed E-state index contributed by atoms with van der Waals surface area (Å²) >= 11 is 0. The van der Waals surface area contributed by atoms with E-state index in [1.807, 2.05) is 43.3 Å². The third kappa shape index (κ3) is 3.03. The van der Waals surface area contributed by atoms with Crippen LogP contribution in [0.2, 0.25) is 0 Å². The summed E-state index contributed by atoms with van der Waals surface area (Å²) in [6.07, 6.45) is 3.85. The van der Waals surface area contributed by atoms with Gasteiger partial charge < -0.3 is 9.47 Å². The summed E-state index contributed by atoms with van der Waals surface area (Å²) in [5.41, 5.74) is 2.67. The van der Waals surface area contributed by atoms with E-state index in [2.05, 4.69) is 0 Å². The van der Waals surface area contributed by atoms with Gasteiger partial charge in [-0.1, -0.05) is 12.1 Å². The smallest absolute Gasteiger partial charge is 0.493 e. The number of hydrogen-bond donors (Lipinski definition) is 0. The molecule has 0 atom stereocenters. The SMILES string of the molecule is COc1ccc(/C=C/c2cc(C)n(C)c(=O)[n+]2C)cc1OC. The van der Waals surface area contributed by atoms with Crippen LogP contribution >= 0.6 is 0 Å². The minimum atomic E-state index is -0.0491. The van der Waals surface area contributed by atoms with Gasteiger partial charge in [-0.2, -0.15) is 13.9 Å². The fraction of sp³-hybridized carbons (Fsp3) is 0.294. The Hall–Kier alpha value is -2.56. The maximum atomic E-state index is 12.1. The molecule has 2 aromatic rings. The summed E-state index contributed by atoms with van der Waals surface area (Å²) in [5.74, 6) is 1.36. The second-order valence-electron chi connectivity index (χ2n) is 5.06. The van der Waals surface area contributed by atoms with Crippen molar-refractivity contribution in [3.05, 3.63) is 51.7 Å². The molecule has 0 aliphatic carbocycles. The molecule has 0 spiro atoms. The number of benzene rings is 1. The quantitative estimate of drug-likeness (QED) is 0.808. The van der Waals surface area contributed by atoms with Crippen LogP contribution in [0.3, 0.4) is 0 Å². The van der Waals surface area contributed by atoms with E-state index in [1.54, 1.807) is 37.4 Å². The molecule has 2 rings (SSSR count). The van der Waals surface area contributed by atoms with Crippen LogP contribution in [-0.4, -0.2) is 18.8 Å². The molecule has 0 fully saturated rings. The first kappa shape index (κ1) is 15.8. The minimum absolute atomic E-state index is 0.0491. The lowest BCUT2D eigenvalue weighted by Gasteiger charge is -2.07. The molecule has 0 aliphatic rings. The number of aryl methyl sites for hydroxylation is 1. The molecule has 0 saturated carbocycles. The second-order valence-corrected chi connectivity index (χ2v) is 5.06. The molecule has 116 valence electrons. The second kappa shape index (κ2) is 6.47. The fourth-order valence-electron chi connectivity index (χ4n) is 2.19. The lowest BCUT2D eigenvalue weighted by atomic mass is 10.1. The summed E-state index contributed by atoms with van der Waals surface area (Å²) in [7, 11) is 6.74. The summed E-state index contributed by atoms with van der Waals surface area (Å²) in [4.78, 5) is 12.1. The van der Waals surface area contributed by atoms with E-state index in [4.69, 9.17) is 9.47 Å². The fourth-order valence-corrected chi connectivity index (χ4v) is 2.19. The molecule has 1 aromatic carbocycles. The molecule has 1 heterocycles. The van der Waals surface area contributed by atoms with E-state index < -0.39 is 0 Å². The minimum Gasteiger partial charge on any atom is -0.493 e. The van der Waals surface area contributed by atoms with Gasteiger partial charge in [-0.15, -0.1) is 0 Å². The zero-order chi connectivity index (χ0) is 16.3. The van der Waals surface area contributed by atoms with Crippen LogP contribution in [-0.2, 0) is 14.1 Å². The molecule has 5 nitrogen and oxygen atoms in total. The van der Waals surface area contributed by atoms with Gasteiger partial charge in [0.1, 0.15) is 11.4 Å². The van der Waals surface area contributed by atoms with Crippen molar-refractivity contribution in [1.82, 2.24) is 4.57 Å². The monoisotopic (exact) mass is 301 g/mol. The van der Waals surface area contributed by atoms with E-state index in [9.17, 15) is 4.79 Å². The van der Waals surface area contributed by atoms with Crippen molar-refractivity contribution in [3.63, 3.8) is 0 Å². The summed E-state index contributed by atoms with van der Waals surface area (Å²) in [5, 5.41) is 0. The molecule has 22 heavy (non-hydrogen) atoms. The zero-order valence-corrected chi connectivity index (χ0v) is 13.6. The number of nitrogens with zero attached hydrogens (tertiary/aromatic N) is 2. The first-order chi connectivity index (χ1) is 10.5. The number of ether oxygens (including phenoxy) is 2. The van der Waals surface area contributed by atoms with Gasteiger partial charge in [0.05, 0.1) is 28.3 Å². The molecular weight excluding hydrogens is 280 g/mol. The topological polar surface area (TPSA) is 44.3 Å². The highest BCUT2D eigenvalue weighted by molar-refractivity contribution is 5.68. The summed E-state index contributed by atoms with van der Waals surface area (Å²) in [6.45, 7) is 1.91. The van der Waals surface area contributed by atoms with Crippen LogP contribution in [0.1, 0.15) is 17.0 Å². The van der Waals surface area contributed by atoms with Crippen LogP contribution < -0.4 is 19.7 Å². The van der Waals surface area contributed by atoms with Gasteiger partial charge >= 0.3 is 5.69 Å². The molecular formula is C17H21N2O3+. The Balaban J connectivity index is 2.39. The van der Waals surface area contributed by atoms with Gasteiger partial charge in [-0.25, -0.2) is 0 Å². The first-order valence-corrected chi connectivity index (χ1v) is 6.94. The number of rotatable bonds is 4. The Morgan fingerprint density at radius 3 is 2.41 bits per heavy atom. The van der Waals surface area contributed by atoms with Crippen LogP contribution in [0.5, 0.6) is 11.5 Å². The average Bonchev–Trinajstić information content (AvgIpc) is 2.54. The van der Waals surface area contributed by atoms with Gasteiger partial charge in [-0.3, -0.25) is 0 Å². The highest BCUT2D eigenvalue weighted by atomic mass is 16.5. The molecule has 0 aliphatic heterocycles. The maximum absolute atomic E-state index is 12.1. The van der Waals surface area contributed by atoms with Crippen molar-refractivity contribution in [2.24, 2.45) is 14.1 Å². The Bertz CT molecular complexity index is 776. The largest absolute Gasteiger partial charge is 0.498 e. The van der Waals surface area contributed by atoms with Gasteiger partial charge in [0, 0.05) is 6.07 Å². The molecule has 0 amide bonds. The van der Waals surface area contributed by atoms with Crippen LogP contribution in [0, 0.1) is 6.92 Å². The van der Waals surface area contributed by atoms with Crippen LogP contribution in [0.25, 0.3) is 12.2 Å². The lowest BCUT2D eigenvalue weighted by molar-refractivity contribution is -0.692. The molecule has 0 N–H and O–H groups in total. The molecule has 0 unspecified atom stereocenters. The van der Waals surface area contributed by atoms with E-state index >= 15 is 0 Å². The predicted octanol–water partition coefficient (Wildman–Crippen LogP) is 1.71. The summed E-state index contributed by atoms with van der Waals surface area (Å²) in [6, 6.07) is 7.65. The van der Waals surface area contributed by atoms with E-state index in [0.29, 0.717) is 11.5 Å². The predicted molar refractivity (Wildman–Crippen MR) is 86.1 cm³/mol. The normalized spacial score (nSPS) is 11.0. The molecule has 1 aromatic heterocycles. The van der Waals surface area contributed by atoms with E-state index in [1.165, 1.54) is 0 Å². The van der Waals surface area contributed by atoms with Gasteiger partial charge in [0.15, 0.2) is 11.5 Å². The first-order valence-electron chi connectivity index (χ1n) is 6.94. The van der Waals surface area contributed by atoms with Crippen LogP contribution in [0.15, 0.2) is 29.1 Å². The standard InChI is InChI=1S/C17H21N2O3/c1-12-10-14(19(3)17(20)18(12)2)8-6-13-7-9-15(21-4)16(11-13)22-5/h6-11H,1-5H3/q+1/b8-6+. The molecule has 5 heteroatoms. The Morgan fingerprint density at radius 2 is 1.77 bits per heavy atom. The van der Waals surface area contributed by atoms with Crippen molar-refractivity contribution >= 4 is 12.2 Å². The maximum Gasteiger partial charge on any atom is 0.498 e. The van der Waals surface area contributed by atoms with Gasteiger partial charge in [0.2, 0.25) is 0 Å². The van der Waals surface area contributed by atoms with Crippen molar-refractivity contribution in [3.8, 4) is 11.5 Å². The number of methoxy groups -OCH3 is 2. The Kier molecular flexibility index (Phi) is 4.65. The van der Waals surface area contributed by atoms with Crippen molar-refractivity contribution in [2.75, 3.05) is 14.2 Å². The highest BCUT2D eigenvalue weighted by Gasteiger charge is 2.11. The van der Waals surface area contributed by atoms with Crippen molar-refractivity contribution in [1.29, 1.82) is 0 Å². The van der Waals surface area contributed by atoms with Crippen molar-refractivity contribution < 1.29 is 14.0 Å². The van der Waals surface area contributed by atoms with E-state index in [-0.39, 0.29) is 5.69 Å². The Labute approximate surface area is 130 Å². The van der Waals surface area contributed by atoms with Crippen LogP contribution in [0.4, 0.5) is 0 Å². The third-order valence-electron chi connectivity index (χ3n) is 3.70. The lowest BCUT2D eigenvalue weighted by Crippen LogP contribution is -2.53. The third-order valence-corrected chi connectivity index (χ3v) is 3.70. The molecule has 0 saturated heterocycles. The molecule has 0 radical (unpaired) electrons. The zero-order valence-electron chi connectivity index (χ0n) is 13.6. The summed E-state index contributed by atoms with van der Waals surface area (Å²) < 4.78 is 13.7. The Morgan fingerprint density at radius 1 is 1.09 bits per heavy atom. The van der Waals surface area contributed by atoms with E-state index in [0.717, 1.165) is 17.0 Å². The van der Waals surface area contributed by atoms with Gasteiger partial charge in [-0.05, 0) is 30.7 Å². The average molecular weight is 301 g/mol. The van der Waals surface area contributed by atoms with Crippen molar-refractivity contribution in [2.45, 2.75) is 6.92 Å². The van der Waals surface area contributed by atoms with Gasteiger partial charge in [0.25, 0.3) is 0 Å². The highest BCUT2D eigenvalue weighted by Crippen LogP contribution is 2.28. The molecule has 0 bridgehead atoms. The number of aromatic nitrogens is 2. The number of hydrogen-bond acceptors (Lipinski definition) is 3.